The summed E-state index contributed by atoms with van der Waals surface area (Å²) in [6, 6.07) is 10.6. The van der Waals surface area contributed by atoms with Crippen LogP contribution >= 0.6 is 0 Å². The van der Waals surface area contributed by atoms with Crippen LogP contribution in [0.5, 0.6) is 0 Å². The standard InChI is InChI=1S/C16H26N2O/c1-14-13-18(11-6-12-19-14)10-5-9-16(17)15-7-3-2-4-8-15/h2-4,7-8,14,16H,5-6,9-13,17H2,1H3. The van der Waals surface area contributed by atoms with Crippen molar-refractivity contribution in [3.63, 3.8) is 0 Å². The third-order valence-corrected chi connectivity index (χ3v) is 3.75. The summed E-state index contributed by atoms with van der Waals surface area (Å²) in [6.45, 7) is 6.41. The van der Waals surface area contributed by atoms with Crippen LogP contribution in [-0.4, -0.2) is 37.2 Å². The predicted octanol–water partition coefficient (Wildman–Crippen LogP) is 2.58. The van der Waals surface area contributed by atoms with Gasteiger partial charge in [-0.2, -0.15) is 0 Å². The molecule has 0 saturated carbocycles. The van der Waals surface area contributed by atoms with E-state index in [1.165, 1.54) is 5.56 Å². The highest BCUT2D eigenvalue weighted by atomic mass is 16.5. The van der Waals surface area contributed by atoms with E-state index < -0.39 is 0 Å². The summed E-state index contributed by atoms with van der Waals surface area (Å²) in [7, 11) is 0. The maximum atomic E-state index is 6.23. The Morgan fingerprint density at radius 2 is 2.16 bits per heavy atom. The molecule has 3 heteroatoms. The van der Waals surface area contributed by atoms with Crippen molar-refractivity contribution in [3.05, 3.63) is 35.9 Å². The first-order chi connectivity index (χ1) is 9.25. The lowest BCUT2D eigenvalue weighted by atomic mass is 10.0. The zero-order chi connectivity index (χ0) is 13.5. The Hall–Kier alpha value is -0.900. The molecule has 1 aliphatic rings. The second kappa shape index (κ2) is 7.63. The molecular formula is C16H26N2O. The SMILES string of the molecule is CC1CN(CCCC(N)c2ccccc2)CCCO1. The molecule has 1 aliphatic heterocycles. The van der Waals surface area contributed by atoms with Gasteiger partial charge < -0.3 is 15.4 Å². The van der Waals surface area contributed by atoms with Crippen molar-refractivity contribution in [1.82, 2.24) is 4.90 Å². The van der Waals surface area contributed by atoms with E-state index in [0.29, 0.717) is 6.10 Å². The maximum absolute atomic E-state index is 6.23. The van der Waals surface area contributed by atoms with Gasteiger partial charge in [-0.1, -0.05) is 30.3 Å². The number of benzene rings is 1. The summed E-state index contributed by atoms with van der Waals surface area (Å²) >= 11 is 0. The minimum Gasteiger partial charge on any atom is -0.377 e. The molecule has 2 atom stereocenters. The molecule has 3 nitrogen and oxygen atoms in total. The topological polar surface area (TPSA) is 38.5 Å². The van der Waals surface area contributed by atoms with E-state index in [2.05, 4.69) is 36.1 Å². The van der Waals surface area contributed by atoms with Crippen LogP contribution in [0.25, 0.3) is 0 Å². The molecule has 19 heavy (non-hydrogen) atoms. The average molecular weight is 262 g/mol. The molecule has 0 amide bonds. The Balaban J connectivity index is 1.71. The summed E-state index contributed by atoms with van der Waals surface area (Å²) in [5.41, 5.74) is 7.47. The van der Waals surface area contributed by atoms with Gasteiger partial charge in [0.05, 0.1) is 6.10 Å². The van der Waals surface area contributed by atoms with Gasteiger partial charge in [-0.05, 0) is 38.3 Å². The van der Waals surface area contributed by atoms with Crippen LogP contribution in [0.1, 0.15) is 37.8 Å². The van der Waals surface area contributed by atoms with Gasteiger partial charge in [0.2, 0.25) is 0 Å². The van der Waals surface area contributed by atoms with Crippen LogP contribution < -0.4 is 5.73 Å². The summed E-state index contributed by atoms with van der Waals surface area (Å²) in [6.07, 6.45) is 3.72. The molecule has 1 aromatic carbocycles. The first kappa shape index (κ1) is 14.5. The summed E-state index contributed by atoms with van der Waals surface area (Å²) in [4.78, 5) is 2.51. The molecule has 0 aromatic heterocycles. The molecule has 106 valence electrons. The molecule has 0 spiro atoms. The molecule has 0 radical (unpaired) electrons. The minimum atomic E-state index is 0.168. The zero-order valence-corrected chi connectivity index (χ0v) is 11.9. The molecule has 0 bridgehead atoms. The third-order valence-electron chi connectivity index (χ3n) is 3.75. The van der Waals surface area contributed by atoms with Crippen LogP contribution in [-0.2, 0) is 4.74 Å². The molecule has 2 N–H and O–H groups in total. The lowest BCUT2D eigenvalue weighted by Gasteiger charge is -2.22. The monoisotopic (exact) mass is 262 g/mol. The Kier molecular flexibility index (Phi) is 5.83. The fourth-order valence-corrected chi connectivity index (χ4v) is 2.69. The molecule has 1 fully saturated rings. The van der Waals surface area contributed by atoms with Crippen LogP contribution in [0.2, 0.25) is 0 Å². The molecule has 0 aliphatic carbocycles. The van der Waals surface area contributed by atoms with Crippen LogP contribution in [0, 0.1) is 0 Å². The highest BCUT2D eigenvalue weighted by Crippen LogP contribution is 2.16. The second-order valence-corrected chi connectivity index (χ2v) is 5.49. The fraction of sp³-hybridized carbons (Fsp3) is 0.625. The minimum absolute atomic E-state index is 0.168. The van der Waals surface area contributed by atoms with Crippen LogP contribution in [0.3, 0.4) is 0 Å². The quantitative estimate of drug-likeness (QED) is 0.886. The number of ether oxygens (including phenoxy) is 1. The number of nitrogens with zero attached hydrogens (tertiary/aromatic N) is 1. The van der Waals surface area contributed by atoms with Gasteiger partial charge in [-0.25, -0.2) is 0 Å². The number of hydrogen-bond acceptors (Lipinski definition) is 3. The summed E-state index contributed by atoms with van der Waals surface area (Å²) < 4.78 is 5.66. The molecule has 1 aromatic rings. The molecule has 1 saturated heterocycles. The number of rotatable bonds is 5. The Morgan fingerprint density at radius 3 is 2.95 bits per heavy atom. The second-order valence-electron chi connectivity index (χ2n) is 5.49. The smallest absolute Gasteiger partial charge is 0.0673 e. The lowest BCUT2D eigenvalue weighted by Crippen LogP contribution is -2.31. The van der Waals surface area contributed by atoms with E-state index in [4.69, 9.17) is 10.5 Å². The third kappa shape index (κ3) is 4.94. The van der Waals surface area contributed by atoms with Gasteiger partial charge in [0.25, 0.3) is 0 Å². The van der Waals surface area contributed by atoms with Crippen molar-refractivity contribution < 1.29 is 4.74 Å². The van der Waals surface area contributed by atoms with E-state index in [9.17, 15) is 0 Å². The van der Waals surface area contributed by atoms with Gasteiger partial charge >= 0.3 is 0 Å². The van der Waals surface area contributed by atoms with E-state index >= 15 is 0 Å². The zero-order valence-electron chi connectivity index (χ0n) is 11.9. The van der Waals surface area contributed by atoms with E-state index in [0.717, 1.165) is 45.5 Å². The molecular weight excluding hydrogens is 236 g/mol. The Morgan fingerprint density at radius 1 is 1.37 bits per heavy atom. The Bertz CT molecular complexity index is 355. The number of hydrogen-bond donors (Lipinski definition) is 1. The lowest BCUT2D eigenvalue weighted by molar-refractivity contribution is 0.0675. The molecule has 1 heterocycles. The average Bonchev–Trinajstić information content (AvgIpc) is 2.64. The van der Waals surface area contributed by atoms with Crippen LogP contribution in [0.15, 0.2) is 30.3 Å². The van der Waals surface area contributed by atoms with E-state index in [1.54, 1.807) is 0 Å². The summed E-state index contributed by atoms with van der Waals surface area (Å²) in [5.74, 6) is 0. The van der Waals surface area contributed by atoms with Crippen molar-refractivity contribution in [1.29, 1.82) is 0 Å². The van der Waals surface area contributed by atoms with Crippen LogP contribution in [0.4, 0.5) is 0 Å². The van der Waals surface area contributed by atoms with E-state index in [-0.39, 0.29) is 6.04 Å². The van der Waals surface area contributed by atoms with Gasteiger partial charge in [0.15, 0.2) is 0 Å². The Labute approximate surface area is 116 Å². The normalized spacial score (nSPS) is 22.9. The molecule has 2 rings (SSSR count). The number of nitrogens with two attached hydrogens (primary N) is 1. The van der Waals surface area contributed by atoms with Gasteiger partial charge in [0.1, 0.15) is 0 Å². The fourth-order valence-electron chi connectivity index (χ4n) is 2.69. The predicted molar refractivity (Wildman–Crippen MR) is 79.1 cm³/mol. The first-order valence-corrected chi connectivity index (χ1v) is 7.40. The molecule has 2 unspecified atom stereocenters. The first-order valence-electron chi connectivity index (χ1n) is 7.40. The highest BCUT2D eigenvalue weighted by Gasteiger charge is 2.15. The van der Waals surface area contributed by atoms with Crippen molar-refractivity contribution in [2.24, 2.45) is 5.73 Å². The largest absolute Gasteiger partial charge is 0.377 e. The van der Waals surface area contributed by atoms with Crippen molar-refractivity contribution >= 4 is 0 Å². The van der Waals surface area contributed by atoms with Crippen molar-refractivity contribution in [2.75, 3.05) is 26.2 Å². The van der Waals surface area contributed by atoms with Gasteiger partial charge in [0, 0.05) is 25.7 Å². The van der Waals surface area contributed by atoms with Crippen molar-refractivity contribution in [2.45, 2.75) is 38.3 Å². The van der Waals surface area contributed by atoms with Crippen molar-refractivity contribution in [3.8, 4) is 0 Å². The highest BCUT2D eigenvalue weighted by molar-refractivity contribution is 5.18. The summed E-state index contributed by atoms with van der Waals surface area (Å²) in [5, 5.41) is 0. The van der Waals surface area contributed by atoms with Gasteiger partial charge in [-0.3, -0.25) is 0 Å². The maximum Gasteiger partial charge on any atom is 0.0673 e. The van der Waals surface area contributed by atoms with E-state index in [1.807, 2.05) is 6.07 Å². The van der Waals surface area contributed by atoms with Gasteiger partial charge in [-0.15, -0.1) is 0 Å².